The monoisotopic (exact) mass is 309 g/mol. The Bertz CT molecular complexity index is 604. The molecule has 0 saturated heterocycles. The van der Waals surface area contributed by atoms with Crippen LogP contribution in [0.25, 0.3) is 0 Å². The Kier molecular flexibility index (Phi) is 3.57. The second-order valence-corrected chi connectivity index (χ2v) is 4.49. The van der Waals surface area contributed by atoms with Crippen molar-refractivity contribution < 1.29 is 9.18 Å². The molecule has 2 aromatic rings. The Morgan fingerprint density at radius 3 is 2.83 bits per heavy atom. The van der Waals surface area contributed by atoms with Gasteiger partial charge in [-0.15, -0.1) is 0 Å². The van der Waals surface area contributed by atoms with E-state index in [1.807, 2.05) is 0 Å². The minimum Gasteiger partial charge on any atom is -0.398 e. The molecule has 1 aromatic carbocycles. The number of hydrogen-bond acceptors (Lipinski definition) is 3. The maximum atomic E-state index is 13.1. The summed E-state index contributed by atoms with van der Waals surface area (Å²) in [5.74, 6) is -0.992. The lowest BCUT2D eigenvalue weighted by Gasteiger charge is -2.07. The van der Waals surface area contributed by atoms with Gasteiger partial charge in [-0.2, -0.15) is 0 Å². The number of nitrogens with one attached hydrogen (secondary N) is 1. The van der Waals surface area contributed by atoms with Crippen molar-refractivity contribution in [2.45, 2.75) is 0 Å². The molecule has 1 amide bonds. The van der Waals surface area contributed by atoms with E-state index < -0.39 is 11.7 Å². The molecular formula is C12H9BrFN3O. The zero-order valence-electron chi connectivity index (χ0n) is 9.15. The molecule has 2 rings (SSSR count). The zero-order chi connectivity index (χ0) is 13.1. The van der Waals surface area contributed by atoms with Crippen LogP contribution in [-0.4, -0.2) is 10.9 Å². The maximum absolute atomic E-state index is 13.1. The molecule has 0 saturated carbocycles. The summed E-state index contributed by atoms with van der Waals surface area (Å²) in [7, 11) is 0. The fraction of sp³-hybridized carbons (Fsp3) is 0. The SMILES string of the molecule is Nc1ccc(F)cc1C(=O)Nc1cncc(Br)c1. The second kappa shape index (κ2) is 5.14. The largest absolute Gasteiger partial charge is 0.398 e. The van der Waals surface area contributed by atoms with E-state index in [9.17, 15) is 9.18 Å². The van der Waals surface area contributed by atoms with Gasteiger partial charge in [-0.05, 0) is 40.2 Å². The van der Waals surface area contributed by atoms with Gasteiger partial charge in [-0.25, -0.2) is 4.39 Å². The quantitative estimate of drug-likeness (QED) is 0.838. The number of benzene rings is 1. The van der Waals surface area contributed by atoms with E-state index in [1.165, 1.54) is 18.3 Å². The lowest BCUT2D eigenvalue weighted by atomic mass is 10.1. The van der Waals surface area contributed by atoms with Crippen LogP contribution in [0.4, 0.5) is 15.8 Å². The van der Waals surface area contributed by atoms with E-state index in [2.05, 4.69) is 26.2 Å². The highest BCUT2D eigenvalue weighted by atomic mass is 79.9. The van der Waals surface area contributed by atoms with Crippen LogP contribution < -0.4 is 11.1 Å². The summed E-state index contributed by atoms with van der Waals surface area (Å²) in [5, 5.41) is 2.59. The summed E-state index contributed by atoms with van der Waals surface area (Å²) in [6, 6.07) is 5.33. The molecule has 4 nitrogen and oxygen atoms in total. The molecular weight excluding hydrogens is 301 g/mol. The van der Waals surface area contributed by atoms with Gasteiger partial charge in [-0.3, -0.25) is 9.78 Å². The first-order valence-electron chi connectivity index (χ1n) is 5.03. The molecule has 0 aliphatic carbocycles. The van der Waals surface area contributed by atoms with Gasteiger partial charge in [-0.1, -0.05) is 0 Å². The number of anilines is 2. The number of carbonyl (C=O) groups is 1. The Morgan fingerprint density at radius 1 is 1.33 bits per heavy atom. The van der Waals surface area contributed by atoms with Gasteiger partial charge < -0.3 is 11.1 Å². The number of halogens is 2. The predicted molar refractivity (Wildman–Crippen MR) is 70.7 cm³/mol. The van der Waals surface area contributed by atoms with Crippen molar-refractivity contribution in [3.8, 4) is 0 Å². The zero-order valence-corrected chi connectivity index (χ0v) is 10.7. The number of rotatable bonds is 2. The number of aromatic nitrogens is 1. The Hall–Kier alpha value is -1.95. The van der Waals surface area contributed by atoms with Gasteiger partial charge >= 0.3 is 0 Å². The predicted octanol–water partition coefficient (Wildman–Crippen LogP) is 2.82. The van der Waals surface area contributed by atoms with E-state index in [0.717, 1.165) is 10.5 Å². The molecule has 18 heavy (non-hydrogen) atoms. The van der Waals surface area contributed by atoms with Crippen LogP contribution in [0.15, 0.2) is 41.1 Å². The fourth-order valence-corrected chi connectivity index (χ4v) is 1.77. The van der Waals surface area contributed by atoms with E-state index in [1.54, 1.807) is 12.3 Å². The van der Waals surface area contributed by atoms with E-state index in [-0.39, 0.29) is 11.3 Å². The molecule has 0 unspecified atom stereocenters. The molecule has 1 aromatic heterocycles. The summed E-state index contributed by atoms with van der Waals surface area (Å²) in [6.45, 7) is 0. The van der Waals surface area contributed by atoms with E-state index in [4.69, 9.17) is 5.73 Å². The molecule has 0 radical (unpaired) electrons. The third kappa shape index (κ3) is 2.84. The summed E-state index contributed by atoms with van der Waals surface area (Å²) in [5.41, 5.74) is 6.43. The van der Waals surface area contributed by atoms with Crippen LogP contribution in [0.2, 0.25) is 0 Å². The van der Waals surface area contributed by atoms with Crippen LogP contribution in [0.5, 0.6) is 0 Å². The molecule has 3 N–H and O–H groups in total. The number of nitrogen functional groups attached to an aromatic ring is 1. The summed E-state index contributed by atoms with van der Waals surface area (Å²) in [6.07, 6.45) is 3.07. The molecule has 0 fully saturated rings. The van der Waals surface area contributed by atoms with Crippen molar-refractivity contribution in [3.63, 3.8) is 0 Å². The molecule has 0 aliphatic heterocycles. The first kappa shape index (κ1) is 12.5. The van der Waals surface area contributed by atoms with Gasteiger partial charge in [0.2, 0.25) is 0 Å². The van der Waals surface area contributed by atoms with Crippen LogP contribution in [0, 0.1) is 5.82 Å². The van der Waals surface area contributed by atoms with Crippen LogP contribution in [0.1, 0.15) is 10.4 Å². The van der Waals surface area contributed by atoms with Crippen molar-refractivity contribution >= 4 is 33.2 Å². The number of hydrogen-bond donors (Lipinski definition) is 2. The second-order valence-electron chi connectivity index (χ2n) is 3.58. The highest BCUT2D eigenvalue weighted by Crippen LogP contribution is 2.17. The molecule has 0 bridgehead atoms. The maximum Gasteiger partial charge on any atom is 0.257 e. The number of nitrogens with two attached hydrogens (primary N) is 1. The van der Waals surface area contributed by atoms with Gasteiger partial charge in [0.1, 0.15) is 5.82 Å². The molecule has 1 heterocycles. The normalized spacial score (nSPS) is 10.1. The Balaban J connectivity index is 2.24. The molecule has 92 valence electrons. The van der Waals surface area contributed by atoms with Crippen molar-refractivity contribution in [3.05, 3.63) is 52.5 Å². The van der Waals surface area contributed by atoms with Crippen molar-refractivity contribution in [1.29, 1.82) is 0 Å². The highest BCUT2D eigenvalue weighted by molar-refractivity contribution is 9.10. The Morgan fingerprint density at radius 2 is 2.11 bits per heavy atom. The van der Waals surface area contributed by atoms with Crippen molar-refractivity contribution in [1.82, 2.24) is 4.98 Å². The summed E-state index contributed by atoms with van der Waals surface area (Å²) in [4.78, 5) is 15.8. The van der Waals surface area contributed by atoms with E-state index in [0.29, 0.717) is 5.69 Å². The van der Waals surface area contributed by atoms with Crippen LogP contribution >= 0.6 is 15.9 Å². The Labute approximate surface area is 111 Å². The topological polar surface area (TPSA) is 68.0 Å². The number of amides is 1. The van der Waals surface area contributed by atoms with Crippen LogP contribution in [-0.2, 0) is 0 Å². The average molecular weight is 310 g/mol. The number of pyridine rings is 1. The molecule has 0 aliphatic rings. The summed E-state index contributed by atoms with van der Waals surface area (Å²) >= 11 is 3.24. The van der Waals surface area contributed by atoms with Gasteiger partial charge in [0.05, 0.1) is 17.4 Å². The van der Waals surface area contributed by atoms with Crippen LogP contribution in [0.3, 0.4) is 0 Å². The minimum atomic E-state index is -0.512. The third-order valence-electron chi connectivity index (χ3n) is 2.22. The lowest BCUT2D eigenvalue weighted by Crippen LogP contribution is -2.14. The molecule has 6 heteroatoms. The van der Waals surface area contributed by atoms with Gasteiger partial charge in [0, 0.05) is 16.4 Å². The van der Waals surface area contributed by atoms with Crippen molar-refractivity contribution in [2.24, 2.45) is 0 Å². The van der Waals surface area contributed by atoms with Gasteiger partial charge in [0.15, 0.2) is 0 Å². The van der Waals surface area contributed by atoms with E-state index >= 15 is 0 Å². The lowest BCUT2D eigenvalue weighted by molar-refractivity contribution is 0.102. The van der Waals surface area contributed by atoms with Crippen molar-refractivity contribution in [2.75, 3.05) is 11.1 Å². The first-order chi connectivity index (χ1) is 8.56. The highest BCUT2D eigenvalue weighted by Gasteiger charge is 2.11. The minimum absolute atomic E-state index is 0.0926. The third-order valence-corrected chi connectivity index (χ3v) is 2.66. The fourth-order valence-electron chi connectivity index (χ4n) is 1.40. The molecule has 0 spiro atoms. The first-order valence-corrected chi connectivity index (χ1v) is 5.82. The number of carbonyl (C=O) groups excluding carboxylic acids is 1. The average Bonchev–Trinajstić information content (AvgIpc) is 2.32. The summed E-state index contributed by atoms with van der Waals surface area (Å²) < 4.78 is 13.8. The number of nitrogens with zero attached hydrogens (tertiary/aromatic N) is 1. The standard InChI is InChI=1S/C12H9BrFN3O/c13-7-3-9(6-16-5-7)17-12(18)10-4-8(14)1-2-11(10)15/h1-6H,15H2,(H,17,18). The van der Waals surface area contributed by atoms with Gasteiger partial charge in [0.25, 0.3) is 5.91 Å². The molecule has 0 atom stereocenters. The smallest absolute Gasteiger partial charge is 0.257 e.